The Labute approximate surface area is 168 Å². The summed E-state index contributed by atoms with van der Waals surface area (Å²) in [5.41, 5.74) is 2.37. The molecule has 6 nitrogen and oxygen atoms in total. The number of aryl methyl sites for hydroxylation is 2. The summed E-state index contributed by atoms with van der Waals surface area (Å²) in [4.78, 5) is 27.9. The monoisotopic (exact) mass is 401 g/mol. The molecule has 1 unspecified atom stereocenters. The van der Waals surface area contributed by atoms with Crippen LogP contribution in [0.5, 0.6) is 5.75 Å². The van der Waals surface area contributed by atoms with Gasteiger partial charge in [-0.05, 0) is 54.6 Å². The van der Waals surface area contributed by atoms with Gasteiger partial charge < -0.3 is 19.5 Å². The van der Waals surface area contributed by atoms with E-state index in [4.69, 9.17) is 9.47 Å². The molecule has 0 radical (unpaired) electrons. The third-order valence-electron chi connectivity index (χ3n) is 4.89. The lowest BCUT2D eigenvalue weighted by Crippen LogP contribution is -2.32. The summed E-state index contributed by atoms with van der Waals surface area (Å²) in [5, 5.41) is 12.9. The van der Waals surface area contributed by atoms with Gasteiger partial charge in [-0.1, -0.05) is 0 Å². The number of benzene rings is 1. The Morgan fingerprint density at radius 2 is 1.93 bits per heavy atom. The van der Waals surface area contributed by atoms with Crippen molar-refractivity contribution in [1.82, 2.24) is 4.90 Å². The van der Waals surface area contributed by atoms with E-state index in [-0.39, 0.29) is 17.9 Å². The van der Waals surface area contributed by atoms with Gasteiger partial charge in [-0.25, -0.2) is 0 Å². The lowest BCUT2D eigenvalue weighted by molar-refractivity contribution is -0.140. The second kappa shape index (κ2) is 8.16. The maximum Gasteiger partial charge on any atom is 0.295 e. The van der Waals surface area contributed by atoms with Gasteiger partial charge >= 0.3 is 0 Å². The molecule has 148 valence electrons. The van der Waals surface area contributed by atoms with E-state index in [1.165, 1.54) is 16.2 Å². The number of ether oxygens (including phenoxy) is 2. The van der Waals surface area contributed by atoms with Crippen molar-refractivity contribution in [2.24, 2.45) is 0 Å². The number of methoxy groups -OCH3 is 2. The van der Waals surface area contributed by atoms with E-state index in [9.17, 15) is 14.7 Å². The zero-order chi connectivity index (χ0) is 20.4. The van der Waals surface area contributed by atoms with Crippen LogP contribution in [0.25, 0.3) is 5.76 Å². The van der Waals surface area contributed by atoms with Crippen molar-refractivity contribution in [1.29, 1.82) is 0 Å². The molecule has 2 heterocycles. The Bertz CT molecular complexity index is 946. The first-order chi connectivity index (χ1) is 13.4. The lowest BCUT2D eigenvalue weighted by atomic mass is 9.97. The summed E-state index contributed by atoms with van der Waals surface area (Å²) in [6.07, 6.45) is 0. The van der Waals surface area contributed by atoms with Gasteiger partial charge in [-0.2, -0.15) is 0 Å². The first-order valence-electron chi connectivity index (χ1n) is 8.87. The molecule has 2 aromatic rings. The molecule has 1 fully saturated rings. The minimum absolute atomic E-state index is 0.108. The van der Waals surface area contributed by atoms with Gasteiger partial charge in [0.25, 0.3) is 11.7 Å². The van der Waals surface area contributed by atoms with E-state index >= 15 is 0 Å². The third kappa shape index (κ3) is 3.43. The number of thiophene rings is 1. The molecule has 1 atom stereocenters. The molecule has 1 aromatic heterocycles. The molecule has 1 aromatic carbocycles. The van der Waals surface area contributed by atoms with Crippen LogP contribution in [0.3, 0.4) is 0 Å². The number of aliphatic hydroxyl groups excluding tert-OH is 1. The number of ketones is 1. The van der Waals surface area contributed by atoms with Gasteiger partial charge in [0.15, 0.2) is 0 Å². The second-order valence-electron chi connectivity index (χ2n) is 6.64. The summed E-state index contributed by atoms with van der Waals surface area (Å²) in [7, 11) is 3.12. The van der Waals surface area contributed by atoms with Crippen molar-refractivity contribution in [2.75, 3.05) is 27.4 Å². The smallest absolute Gasteiger partial charge is 0.295 e. The zero-order valence-electron chi connectivity index (χ0n) is 16.3. The van der Waals surface area contributed by atoms with E-state index < -0.39 is 17.7 Å². The van der Waals surface area contributed by atoms with Gasteiger partial charge in [-0.3, -0.25) is 9.59 Å². The second-order valence-corrected chi connectivity index (χ2v) is 7.59. The number of likely N-dealkylation sites (tertiary alicyclic amines) is 1. The predicted molar refractivity (Wildman–Crippen MR) is 108 cm³/mol. The Morgan fingerprint density at radius 1 is 1.18 bits per heavy atom. The molecule has 0 bridgehead atoms. The highest BCUT2D eigenvalue weighted by Gasteiger charge is 2.46. The van der Waals surface area contributed by atoms with Crippen molar-refractivity contribution >= 4 is 28.8 Å². The molecule has 3 rings (SSSR count). The van der Waals surface area contributed by atoms with Crippen molar-refractivity contribution in [2.45, 2.75) is 19.9 Å². The van der Waals surface area contributed by atoms with Crippen molar-refractivity contribution in [3.8, 4) is 5.75 Å². The lowest BCUT2D eigenvalue weighted by Gasteiger charge is -2.24. The summed E-state index contributed by atoms with van der Waals surface area (Å²) in [6, 6.07) is 6.47. The minimum Gasteiger partial charge on any atom is -0.507 e. The molecular formula is C21H23NO5S. The van der Waals surface area contributed by atoms with Crippen LogP contribution in [0.15, 0.2) is 35.2 Å². The highest BCUT2D eigenvalue weighted by Crippen LogP contribution is 2.42. The van der Waals surface area contributed by atoms with E-state index in [2.05, 4.69) is 0 Å². The van der Waals surface area contributed by atoms with Gasteiger partial charge in [0, 0.05) is 24.1 Å². The molecule has 0 saturated carbocycles. The van der Waals surface area contributed by atoms with Gasteiger partial charge in [0.1, 0.15) is 11.5 Å². The maximum atomic E-state index is 12.8. The topological polar surface area (TPSA) is 76.1 Å². The molecule has 1 aliphatic heterocycles. The molecule has 1 aliphatic rings. The van der Waals surface area contributed by atoms with Crippen LogP contribution in [0.4, 0.5) is 0 Å². The van der Waals surface area contributed by atoms with Crippen molar-refractivity contribution in [3.05, 3.63) is 56.8 Å². The van der Waals surface area contributed by atoms with Crippen LogP contribution in [-0.4, -0.2) is 49.1 Å². The van der Waals surface area contributed by atoms with E-state index in [0.29, 0.717) is 17.9 Å². The first kappa shape index (κ1) is 20.1. The number of nitrogens with zero attached hydrogens (tertiary/aromatic N) is 1. The fourth-order valence-corrected chi connectivity index (χ4v) is 4.47. The Balaban J connectivity index is 2.16. The van der Waals surface area contributed by atoms with Gasteiger partial charge in [0.2, 0.25) is 0 Å². The molecule has 1 N–H and O–H groups in total. The van der Waals surface area contributed by atoms with Crippen LogP contribution < -0.4 is 4.74 Å². The normalized spacial score (nSPS) is 18.7. The largest absolute Gasteiger partial charge is 0.507 e. The first-order valence-corrected chi connectivity index (χ1v) is 9.75. The van der Waals surface area contributed by atoms with Crippen LogP contribution in [-0.2, 0) is 14.3 Å². The number of hydrogen-bond donors (Lipinski definition) is 1. The number of hydrogen-bond acceptors (Lipinski definition) is 6. The molecule has 0 aliphatic carbocycles. The molecule has 1 amide bonds. The highest BCUT2D eigenvalue weighted by atomic mass is 32.1. The summed E-state index contributed by atoms with van der Waals surface area (Å²) in [6.45, 7) is 4.35. The Kier molecular flexibility index (Phi) is 5.86. The third-order valence-corrected chi connectivity index (χ3v) is 5.97. The summed E-state index contributed by atoms with van der Waals surface area (Å²) < 4.78 is 10.4. The van der Waals surface area contributed by atoms with Gasteiger partial charge in [-0.15, -0.1) is 11.3 Å². The number of aliphatic hydroxyl groups is 1. The average molecular weight is 401 g/mol. The Hall–Kier alpha value is -2.64. The predicted octanol–water partition coefficient (Wildman–Crippen LogP) is 3.44. The molecule has 1 saturated heterocycles. The molecular weight excluding hydrogens is 378 g/mol. The summed E-state index contributed by atoms with van der Waals surface area (Å²) in [5.74, 6) is -0.800. The SMILES string of the molecule is COCCN1C(=O)C(=O)/C(=C(\O)c2ccc(OC)c(C)c2)C1c1sccc1C. The van der Waals surface area contributed by atoms with E-state index in [0.717, 1.165) is 16.0 Å². The van der Waals surface area contributed by atoms with Crippen LogP contribution in [0.1, 0.15) is 27.6 Å². The molecule has 28 heavy (non-hydrogen) atoms. The number of carbonyl (C=O) groups is 2. The van der Waals surface area contributed by atoms with Crippen molar-refractivity contribution in [3.63, 3.8) is 0 Å². The standard InChI is InChI=1S/C21H23NO5S/c1-12-7-10-28-20(12)17-16(19(24)21(25)22(17)8-9-26-3)18(23)14-5-6-15(27-4)13(2)11-14/h5-7,10-11,17,23H,8-9H2,1-4H3/b18-16-. The van der Waals surface area contributed by atoms with Gasteiger partial charge in [0.05, 0.1) is 25.3 Å². The molecule has 7 heteroatoms. The minimum atomic E-state index is -0.681. The number of Topliss-reactive ketones (excluding diaryl/α,β-unsaturated/α-hetero) is 1. The quantitative estimate of drug-likeness (QED) is 0.456. The maximum absolute atomic E-state index is 12.8. The zero-order valence-corrected chi connectivity index (χ0v) is 17.1. The van der Waals surface area contributed by atoms with Crippen molar-refractivity contribution < 1.29 is 24.2 Å². The Morgan fingerprint density at radius 3 is 2.50 bits per heavy atom. The fourth-order valence-electron chi connectivity index (χ4n) is 3.42. The summed E-state index contributed by atoms with van der Waals surface area (Å²) >= 11 is 1.46. The average Bonchev–Trinajstić information content (AvgIpc) is 3.20. The number of carbonyl (C=O) groups excluding carboxylic acids is 2. The van der Waals surface area contributed by atoms with Crippen LogP contribution in [0, 0.1) is 13.8 Å². The van der Waals surface area contributed by atoms with Crippen LogP contribution in [0.2, 0.25) is 0 Å². The number of amides is 1. The van der Waals surface area contributed by atoms with E-state index in [1.807, 2.05) is 25.3 Å². The van der Waals surface area contributed by atoms with E-state index in [1.54, 1.807) is 32.4 Å². The van der Waals surface area contributed by atoms with Crippen LogP contribution >= 0.6 is 11.3 Å². The highest BCUT2D eigenvalue weighted by molar-refractivity contribution is 7.10. The number of rotatable bonds is 6. The molecule has 0 spiro atoms. The fraction of sp³-hybridized carbons (Fsp3) is 0.333.